The lowest BCUT2D eigenvalue weighted by atomic mass is 10.1. The van der Waals surface area contributed by atoms with Gasteiger partial charge in [0.15, 0.2) is 0 Å². The standard InChI is InChI=1S/C14H19N3O/c1-10(18)17-7-4-12-13(16-5-2-3-6-16)8-11(15)9-14(12)17/h8-9H,2-7,15H2,1H3. The van der Waals surface area contributed by atoms with Gasteiger partial charge in [-0.1, -0.05) is 0 Å². The lowest BCUT2D eigenvalue weighted by molar-refractivity contribution is -0.116. The molecule has 1 saturated heterocycles. The molecule has 2 heterocycles. The molecule has 4 nitrogen and oxygen atoms in total. The van der Waals surface area contributed by atoms with Gasteiger partial charge in [0.2, 0.25) is 5.91 Å². The van der Waals surface area contributed by atoms with Gasteiger partial charge in [-0.25, -0.2) is 0 Å². The molecule has 18 heavy (non-hydrogen) atoms. The normalized spacial score (nSPS) is 18.3. The maximum atomic E-state index is 11.6. The third kappa shape index (κ3) is 1.72. The van der Waals surface area contributed by atoms with Gasteiger partial charge in [0.1, 0.15) is 0 Å². The first-order chi connectivity index (χ1) is 8.66. The van der Waals surface area contributed by atoms with Crippen molar-refractivity contribution in [3.05, 3.63) is 17.7 Å². The number of hydrogen-bond acceptors (Lipinski definition) is 3. The number of nitrogens with two attached hydrogens (primary N) is 1. The topological polar surface area (TPSA) is 49.6 Å². The fraction of sp³-hybridized carbons (Fsp3) is 0.500. The van der Waals surface area contributed by atoms with Crippen molar-refractivity contribution in [2.24, 2.45) is 0 Å². The minimum absolute atomic E-state index is 0.103. The molecule has 2 aliphatic rings. The Morgan fingerprint density at radius 2 is 1.83 bits per heavy atom. The zero-order valence-corrected chi connectivity index (χ0v) is 10.8. The van der Waals surface area contributed by atoms with E-state index >= 15 is 0 Å². The zero-order valence-electron chi connectivity index (χ0n) is 10.8. The van der Waals surface area contributed by atoms with Crippen LogP contribution in [0, 0.1) is 0 Å². The molecular formula is C14H19N3O. The van der Waals surface area contributed by atoms with Crippen LogP contribution in [0.4, 0.5) is 17.1 Å². The Bertz CT molecular complexity index is 492. The van der Waals surface area contributed by atoms with Crippen LogP contribution in [0.1, 0.15) is 25.3 Å². The third-order valence-electron chi connectivity index (χ3n) is 3.93. The van der Waals surface area contributed by atoms with Crippen LogP contribution < -0.4 is 15.5 Å². The molecule has 1 aromatic carbocycles. The Labute approximate surface area is 107 Å². The van der Waals surface area contributed by atoms with Crippen molar-refractivity contribution in [2.45, 2.75) is 26.2 Å². The van der Waals surface area contributed by atoms with Crippen LogP contribution in [0.2, 0.25) is 0 Å². The Balaban J connectivity index is 2.06. The number of fused-ring (bicyclic) bond motifs is 1. The quantitative estimate of drug-likeness (QED) is 0.767. The minimum Gasteiger partial charge on any atom is -0.399 e. The average molecular weight is 245 g/mol. The predicted molar refractivity (Wildman–Crippen MR) is 74.0 cm³/mol. The summed E-state index contributed by atoms with van der Waals surface area (Å²) < 4.78 is 0. The summed E-state index contributed by atoms with van der Waals surface area (Å²) in [6, 6.07) is 4.00. The minimum atomic E-state index is 0.103. The molecule has 0 aromatic heterocycles. The van der Waals surface area contributed by atoms with Crippen LogP contribution in [0.15, 0.2) is 12.1 Å². The molecule has 0 aliphatic carbocycles. The molecule has 1 amide bonds. The van der Waals surface area contributed by atoms with Gasteiger partial charge in [0.25, 0.3) is 0 Å². The largest absolute Gasteiger partial charge is 0.399 e. The van der Waals surface area contributed by atoms with Crippen molar-refractivity contribution in [2.75, 3.05) is 35.2 Å². The maximum Gasteiger partial charge on any atom is 0.223 e. The fourth-order valence-electron chi connectivity index (χ4n) is 3.07. The van der Waals surface area contributed by atoms with Crippen LogP contribution in [-0.4, -0.2) is 25.5 Å². The molecule has 2 N–H and O–H groups in total. The van der Waals surface area contributed by atoms with Gasteiger partial charge in [0.05, 0.1) is 5.69 Å². The number of carbonyl (C=O) groups excluding carboxylic acids is 1. The van der Waals surface area contributed by atoms with E-state index in [0.717, 1.165) is 37.4 Å². The van der Waals surface area contributed by atoms with E-state index in [-0.39, 0.29) is 5.91 Å². The highest BCUT2D eigenvalue weighted by Gasteiger charge is 2.27. The van der Waals surface area contributed by atoms with Crippen molar-refractivity contribution < 1.29 is 4.79 Å². The molecular weight excluding hydrogens is 226 g/mol. The van der Waals surface area contributed by atoms with Gasteiger partial charge in [-0.15, -0.1) is 0 Å². The molecule has 2 aliphatic heterocycles. The Morgan fingerprint density at radius 3 is 2.50 bits per heavy atom. The summed E-state index contributed by atoms with van der Waals surface area (Å²) >= 11 is 0. The third-order valence-corrected chi connectivity index (χ3v) is 3.93. The predicted octanol–water partition coefficient (Wildman–Crippen LogP) is 1.78. The SMILES string of the molecule is CC(=O)N1CCc2c(N3CCCC3)cc(N)cc21. The lowest BCUT2D eigenvalue weighted by Crippen LogP contribution is -2.25. The average Bonchev–Trinajstić information content (AvgIpc) is 2.96. The molecule has 0 atom stereocenters. The molecule has 0 bridgehead atoms. The van der Waals surface area contributed by atoms with E-state index in [1.54, 1.807) is 6.92 Å². The molecule has 1 aromatic rings. The van der Waals surface area contributed by atoms with Crippen LogP contribution in [0.25, 0.3) is 0 Å². The number of hydrogen-bond donors (Lipinski definition) is 1. The summed E-state index contributed by atoms with van der Waals surface area (Å²) in [6.07, 6.45) is 3.45. The van der Waals surface area contributed by atoms with Crippen molar-refractivity contribution >= 4 is 23.0 Å². The van der Waals surface area contributed by atoms with Gasteiger partial charge >= 0.3 is 0 Å². The second-order valence-electron chi connectivity index (χ2n) is 5.15. The molecule has 3 rings (SSSR count). The van der Waals surface area contributed by atoms with Gasteiger partial charge in [-0.3, -0.25) is 4.79 Å². The monoisotopic (exact) mass is 245 g/mol. The van der Waals surface area contributed by atoms with E-state index in [9.17, 15) is 4.79 Å². The van der Waals surface area contributed by atoms with E-state index < -0.39 is 0 Å². The smallest absolute Gasteiger partial charge is 0.223 e. The summed E-state index contributed by atoms with van der Waals surface area (Å²) in [6.45, 7) is 4.62. The van der Waals surface area contributed by atoms with Crippen LogP contribution in [0.3, 0.4) is 0 Å². The number of benzene rings is 1. The van der Waals surface area contributed by atoms with E-state index in [1.807, 2.05) is 11.0 Å². The Kier molecular flexibility index (Phi) is 2.65. The number of carbonyl (C=O) groups is 1. The Morgan fingerprint density at radius 1 is 1.17 bits per heavy atom. The van der Waals surface area contributed by atoms with Crippen LogP contribution >= 0.6 is 0 Å². The lowest BCUT2D eigenvalue weighted by Gasteiger charge is -2.22. The fourth-order valence-corrected chi connectivity index (χ4v) is 3.07. The highest BCUT2D eigenvalue weighted by molar-refractivity contribution is 5.96. The highest BCUT2D eigenvalue weighted by atomic mass is 16.2. The van der Waals surface area contributed by atoms with Gasteiger partial charge < -0.3 is 15.5 Å². The summed E-state index contributed by atoms with van der Waals surface area (Å²) in [5, 5.41) is 0. The molecule has 0 unspecified atom stereocenters. The summed E-state index contributed by atoms with van der Waals surface area (Å²) in [5.41, 5.74) is 10.3. The number of rotatable bonds is 1. The second kappa shape index (κ2) is 4.19. The molecule has 0 spiro atoms. The van der Waals surface area contributed by atoms with Crippen molar-refractivity contribution in [1.29, 1.82) is 0 Å². The summed E-state index contributed by atoms with van der Waals surface area (Å²) in [7, 11) is 0. The van der Waals surface area contributed by atoms with Gasteiger partial charge in [-0.2, -0.15) is 0 Å². The van der Waals surface area contributed by atoms with Gasteiger partial charge in [-0.05, 0) is 31.4 Å². The van der Waals surface area contributed by atoms with E-state index in [4.69, 9.17) is 5.73 Å². The van der Waals surface area contributed by atoms with Crippen molar-refractivity contribution in [1.82, 2.24) is 0 Å². The van der Waals surface area contributed by atoms with E-state index in [0.29, 0.717) is 0 Å². The molecule has 1 fully saturated rings. The Hall–Kier alpha value is -1.71. The first-order valence-corrected chi connectivity index (χ1v) is 6.62. The van der Waals surface area contributed by atoms with Crippen molar-refractivity contribution in [3.8, 4) is 0 Å². The number of anilines is 3. The van der Waals surface area contributed by atoms with Crippen LogP contribution in [0.5, 0.6) is 0 Å². The second-order valence-corrected chi connectivity index (χ2v) is 5.15. The number of nitrogens with zero attached hydrogens (tertiary/aromatic N) is 2. The first kappa shape index (κ1) is 11.4. The zero-order chi connectivity index (χ0) is 12.7. The first-order valence-electron chi connectivity index (χ1n) is 6.62. The van der Waals surface area contributed by atoms with E-state index in [2.05, 4.69) is 11.0 Å². The molecule has 96 valence electrons. The maximum absolute atomic E-state index is 11.6. The number of amides is 1. The summed E-state index contributed by atoms with van der Waals surface area (Å²) in [5.74, 6) is 0.103. The molecule has 4 heteroatoms. The van der Waals surface area contributed by atoms with Crippen LogP contribution in [-0.2, 0) is 11.2 Å². The van der Waals surface area contributed by atoms with E-state index in [1.165, 1.54) is 24.1 Å². The van der Waals surface area contributed by atoms with Gasteiger partial charge in [0, 0.05) is 43.5 Å². The highest BCUT2D eigenvalue weighted by Crippen LogP contribution is 2.39. The van der Waals surface area contributed by atoms with Crippen molar-refractivity contribution in [3.63, 3.8) is 0 Å². The molecule has 0 radical (unpaired) electrons. The number of nitrogen functional groups attached to an aromatic ring is 1. The summed E-state index contributed by atoms with van der Waals surface area (Å²) in [4.78, 5) is 15.9. The molecule has 0 saturated carbocycles.